The number of hydrogen-bond acceptors (Lipinski definition) is 6. The van der Waals surface area contributed by atoms with Crippen LogP contribution in [0.2, 0.25) is 0 Å². The quantitative estimate of drug-likeness (QED) is 0.672. The lowest BCUT2D eigenvalue weighted by Gasteiger charge is -2.30. The van der Waals surface area contributed by atoms with Crippen LogP contribution >= 0.6 is 0 Å². The van der Waals surface area contributed by atoms with E-state index in [0.717, 1.165) is 5.69 Å². The second-order valence-electron chi connectivity index (χ2n) is 7.20. The van der Waals surface area contributed by atoms with Crippen molar-refractivity contribution in [3.8, 4) is 0 Å². The van der Waals surface area contributed by atoms with Gasteiger partial charge in [-0.3, -0.25) is 19.2 Å². The highest BCUT2D eigenvalue weighted by Gasteiger charge is 2.27. The molecule has 0 atom stereocenters. The van der Waals surface area contributed by atoms with Crippen molar-refractivity contribution in [2.45, 2.75) is 19.8 Å². The number of aryl methyl sites for hydroxylation is 1. The maximum Gasteiger partial charge on any atom is 0.343 e. The van der Waals surface area contributed by atoms with Crippen LogP contribution in [-0.2, 0) is 21.4 Å². The molecule has 1 saturated heterocycles. The number of esters is 1. The lowest BCUT2D eigenvalue weighted by Crippen LogP contribution is -2.42. The van der Waals surface area contributed by atoms with Crippen LogP contribution in [0.15, 0.2) is 36.5 Å². The third-order valence-corrected chi connectivity index (χ3v) is 5.06. The van der Waals surface area contributed by atoms with Crippen molar-refractivity contribution in [1.29, 1.82) is 0 Å². The Hall–Kier alpha value is -3.20. The van der Waals surface area contributed by atoms with E-state index in [2.05, 4.69) is 15.7 Å². The van der Waals surface area contributed by atoms with Crippen molar-refractivity contribution in [3.63, 3.8) is 0 Å². The van der Waals surface area contributed by atoms with Gasteiger partial charge < -0.3 is 15.4 Å². The average molecular weight is 413 g/mol. The Kier molecular flexibility index (Phi) is 7.18. The minimum Gasteiger partial charge on any atom is -0.462 e. The molecule has 2 heterocycles. The highest BCUT2D eigenvalue weighted by atomic mass is 16.5. The van der Waals surface area contributed by atoms with Crippen LogP contribution in [-0.4, -0.2) is 58.7 Å². The number of carbonyl (C=O) groups excluding carboxylic acids is 3. The summed E-state index contributed by atoms with van der Waals surface area (Å²) in [6.45, 7) is 3.44. The lowest BCUT2D eigenvalue weighted by molar-refractivity contribution is -0.121. The van der Waals surface area contributed by atoms with Crippen LogP contribution in [0.5, 0.6) is 0 Å². The van der Waals surface area contributed by atoms with Crippen molar-refractivity contribution in [2.24, 2.45) is 13.0 Å². The topological polar surface area (TPSA) is 106 Å². The Morgan fingerprint density at radius 1 is 1.13 bits per heavy atom. The number of anilines is 2. The summed E-state index contributed by atoms with van der Waals surface area (Å²) in [6.07, 6.45) is 2.75. The number of nitrogens with zero attached hydrogens (tertiary/aromatic N) is 3. The fourth-order valence-electron chi connectivity index (χ4n) is 3.44. The molecule has 1 aromatic heterocycles. The number of benzene rings is 1. The van der Waals surface area contributed by atoms with Crippen molar-refractivity contribution in [2.75, 3.05) is 36.9 Å². The van der Waals surface area contributed by atoms with Gasteiger partial charge in [-0.2, -0.15) is 5.10 Å². The molecular weight excluding hydrogens is 386 g/mol. The maximum absolute atomic E-state index is 12.5. The number of carbonyl (C=O) groups is 3. The van der Waals surface area contributed by atoms with Gasteiger partial charge in [-0.25, -0.2) is 4.79 Å². The standard InChI is InChI=1S/C21H27N5O4/c1-3-30-21(29)17-13-22-25(2)19(17)24-18(27)14-26-11-9-15(10-12-26)20(28)23-16-7-5-4-6-8-16/h4-8,13,15H,3,9-12,14H2,1-2H3,(H,23,28)(H,24,27). The van der Waals surface area contributed by atoms with Gasteiger partial charge in [0.2, 0.25) is 11.8 Å². The van der Waals surface area contributed by atoms with Crippen molar-refractivity contribution >= 4 is 29.3 Å². The lowest BCUT2D eigenvalue weighted by atomic mass is 9.96. The molecule has 2 N–H and O–H groups in total. The molecule has 1 fully saturated rings. The number of para-hydroxylation sites is 1. The number of amides is 2. The first-order valence-corrected chi connectivity index (χ1v) is 10.0. The summed E-state index contributed by atoms with van der Waals surface area (Å²) in [5, 5.41) is 9.72. The summed E-state index contributed by atoms with van der Waals surface area (Å²) in [5.41, 5.74) is 1.02. The first-order valence-electron chi connectivity index (χ1n) is 10.0. The van der Waals surface area contributed by atoms with Gasteiger partial charge in [0.05, 0.1) is 19.3 Å². The summed E-state index contributed by atoms with van der Waals surface area (Å²) in [7, 11) is 1.65. The third kappa shape index (κ3) is 5.44. The smallest absolute Gasteiger partial charge is 0.343 e. The van der Waals surface area contributed by atoms with E-state index in [4.69, 9.17) is 4.74 Å². The largest absolute Gasteiger partial charge is 0.462 e. The molecule has 0 aliphatic carbocycles. The molecule has 30 heavy (non-hydrogen) atoms. The normalized spacial score (nSPS) is 14.9. The fourth-order valence-corrected chi connectivity index (χ4v) is 3.44. The molecule has 0 radical (unpaired) electrons. The molecule has 2 amide bonds. The Morgan fingerprint density at radius 2 is 1.83 bits per heavy atom. The number of piperidine rings is 1. The molecular formula is C21H27N5O4. The van der Waals surface area contributed by atoms with E-state index in [1.165, 1.54) is 10.9 Å². The Morgan fingerprint density at radius 3 is 2.50 bits per heavy atom. The summed E-state index contributed by atoms with van der Waals surface area (Å²) in [5.74, 6) is -0.505. The molecule has 0 saturated carbocycles. The van der Waals surface area contributed by atoms with E-state index in [-0.39, 0.29) is 36.4 Å². The minimum atomic E-state index is -0.522. The van der Waals surface area contributed by atoms with Crippen molar-refractivity contribution < 1.29 is 19.1 Å². The zero-order chi connectivity index (χ0) is 21.5. The van der Waals surface area contributed by atoms with Crippen LogP contribution in [0.4, 0.5) is 11.5 Å². The van der Waals surface area contributed by atoms with Crippen LogP contribution in [0.1, 0.15) is 30.1 Å². The molecule has 1 aliphatic rings. The molecule has 2 aromatic rings. The second kappa shape index (κ2) is 10.0. The van der Waals surface area contributed by atoms with Gasteiger partial charge in [0, 0.05) is 18.7 Å². The van der Waals surface area contributed by atoms with Crippen molar-refractivity contribution in [3.05, 3.63) is 42.1 Å². The van der Waals surface area contributed by atoms with E-state index in [1.807, 2.05) is 35.2 Å². The van der Waals surface area contributed by atoms with E-state index in [9.17, 15) is 14.4 Å². The number of ether oxygens (including phenoxy) is 1. The van der Waals surface area contributed by atoms with Gasteiger partial charge in [0.15, 0.2) is 0 Å². The van der Waals surface area contributed by atoms with E-state index in [0.29, 0.717) is 31.7 Å². The number of aromatic nitrogens is 2. The average Bonchev–Trinajstić information content (AvgIpc) is 3.09. The molecule has 1 aromatic carbocycles. The van der Waals surface area contributed by atoms with E-state index in [1.54, 1.807) is 14.0 Å². The summed E-state index contributed by atoms with van der Waals surface area (Å²) in [4.78, 5) is 38.9. The zero-order valence-electron chi connectivity index (χ0n) is 17.3. The first kappa shape index (κ1) is 21.5. The van der Waals surface area contributed by atoms with Crippen LogP contribution < -0.4 is 10.6 Å². The minimum absolute atomic E-state index is 0.0132. The SMILES string of the molecule is CCOC(=O)c1cnn(C)c1NC(=O)CN1CCC(C(=O)Nc2ccccc2)CC1. The van der Waals surface area contributed by atoms with Gasteiger partial charge in [0.1, 0.15) is 11.4 Å². The summed E-state index contributed by atoms with van der Waals surface area (Å²) >= 11 is 0. The molecule has 9 nitrogen and oxygen atoms in total. The molecule has 160 valence electrons. The van der Waals surface area contributed by atoms with Gasteiger partial charge >= 0.3 is 5.97 Å². The van der Waals surface area contributed by atoms with Gasteiger partial charge in [-0.15, -0.1) is 0 Å². The van der Waals surface area contributed by atoms with E-state index >= 15 is 0 Å². The van der Waals surface area contributed by atoms with Crippen LogP contribution in [0.3, 0.4) is 0 Å². The Labute approximate surface area is 175 Å². The molecule has 0 unspecified atom stereocenters. The van der Waals surface area contributed by atoms with Crippen molar-refractivity contribution in [1.82, 2.24) is 14.7 Å². The van der Waals surface area contributed by atoms with Crippen LogP contribution in [0, 0.1) is 5.92 Å². The highest BCUT2D eigenvalue weighted by Crippen LogP contribution is 2.20. The van der Waals surface area contributed by atoms with Gasteiger partial charge in [-0.1, -0.05) is 18.2 Å². The van der Waals surface area contributed by atoms with Gasteiger partial charge in [-0.05, 0) is 45.0 Å². The van der Waals surface area contributed by atoms with Gasteiger partial charge in [0.25, 0.3) is 0 Å². The molecule has 3 rings (SSSR count). The number of hydrogen-bond donors (Lipinski definition) is 2. The molecule has 9 heteroatoms. The molecule has 0 spiro atoms. The number of likely N-dealkylation sites (tertiary alicyclic amines) is 1. The van der Waals surface area contributed by atoms with Crippen LogP contribution in [0.25, 0.3) is 0 Å². The maximum atomic E-state index is 12.5. The number of nitrogens with one attached hydrogen (secondary N) is 2. The summed E-state index contributed by atoms with van der Waals surface area (Å²) < 4.78 is 6.43. The molecule has 1 aliphatic heterocycles. The summed E-state index contributed by atoms with van der Waals surface area (Å²) in [6, 6.07) is 9.39. The fraction of sp³-hybridized carbons (Fsp3) is 0.429. The monoisotopic (exact) mass is 413 g/mol. The first-order chi connectivity index (χ1) is 14.5. The van der Waals surface area contributed by atoms with E-state index < -0.39 is 5.97 Å². The molecule has 0 bridgehead atoms. The number of rotatable bonds is 7. The highest BCUT2D eigenvalue weighted by molar-refractivity contribution is 6.00. The zero-order valence-corrected chi connectivity index (χ0v) is 17.3. The Bertz CT molecular complexity index is 888. The second-order valence-corrected chi connectivity index (χ2v) is 7.20. The Balaban J connectivity index is 1.48. The predicted octanol–water partition coefficient (Wildman–Crippen LogP) is 1.89. The predicted molar refractivity (Wildman–Crippen MR) is 112 cm³/mol. The third-order valence-electron chi connectivity index (χ3n) is 5.06.